The van der Waals surface area contributed by atoms with Crippen molar-refractivity contribution < 1.29 is 9.53 Å². The molecule has 0 radical (unpaired) electrons. The Kier molecular flexibility index (Phi) is 5.01. The number of nitrogens with two attached hydrogens (primary N) is 1. The van der Waals surface area contributed by atoms with Crippen molar-refractivity contribution in [3.63, 3.8) is 0 Å². The summed E-state index contributed by atoms with van der Waals surface area (Å²) in [6.45, 7) is 3.75. The highest BCUT2D eigenvalue weighted by atomic mass is 32.1. The Hall–Kier alpha value is -1.82. The molecule has 1 unspecified atom stereocenters. The highest BCUT2D eigenvalue weighted by Crippen LogP contribution is 2.26. The highest BCUT2D eigenvalue weighted by Gasteiger charge is 2.21. The summed E-state index contributed by atoms with van der Waals surface area (Å²) in [5.41, 5.74) is 6.94. The van der Waals surface area contributed by atoms with E-state index in [0.717, 1.165) is 19.5 Å². The summed E-state index contributed by atoms with van der Waals surface area (Å²) in [5.74, 6) is 1.10. The fraction of sp³-hybridized carbons (Fsp3) is 0.467. The number of nitrogens with one attached hydrogen (secondary N) is 1. The molecule has 0 aromatic heterocycles. The van der Waals surface area contributed by atoms with Gasteiger partial charge in [-0.1, -0.05) is 19.1 Å². The third-order valence-electron chi connectivity index (χ3n) is 3.67. The van der Waals surface area contributed by atoms with Crippen molar-refractivity contribution in [3.8, 4) is 5.75 Å². The van der Waals surface area contributed by atoms with Gasteiger partial charge in [-0.2, -0.15) is 0 Å². The van der Waals surface area contributed by atoms with E-state index < -0.39 is 0 Å². The smallest absolute Gasteiger partial charge is 0.321 e. The lowest BCUT2D eigenvalue weighted by molar-refractivity contribution is 0.182. The van der Waals surface area contributed by atoms with Crippen LogP contribution in [0.3, 0.4) is 0 Å². The number of benzene rings is 1. The van der Waals surface area contributed by atoms with Gasteiger partial charge in [0.1, 0.15) is 10.7 Å². The first-order valence-corrected chi connectivity index (χ1v) is 7.46. The minimum atomic E-state index is -0.0945. The maximum absolute atomic E-state index is 12.3. The van der Waals surface area contributed by atoms with Crippen molar-refractivity contribution in [2.45, 2.75) is 19.8 Å². The molecule has 6 heteroatoms. The number of amides is 2. The van der Waals surface area contributed by atoms with Gasteiger partial charge in [-0.05, 0) is 37.0 Å². The summed E-state index contributed by atoms with van der Waals surface area (Å²) in [6, 6.07) is 5.18. The van der Waals surface area contributed by atoms with E-state index in [0.29, 0.717) is 27.9 Å². The SMILES string of the molecule is COc1cc(C(N)=S)ccc1NC(=O)N1CCCC(C)C1. The molecule has 0 aliphatic carbocycles. The van der Waals surface area contributed by atoms with Crippen LogP contribution in [0.5, 0.6) is 5.75 Å². The maximum Gasteiger partial charge on any atom is 0.321 e. The third-order valence-corrected chi connectivity index (χ3v) is 3.91. The average molecular weight is 307 g/mol. The second-order valence-electron chi connectivity index (χ2n) is 5.40. The standard InChI is InChI=1S/C15H21N3O2S/c1-10-4-3-7-18(9-10)15(19)17-12-6-5-11(14(16)21)8-13(12)20-2/h5-6,8,10H,3-4,7,9H2,1-2H3,(H2,16,21)(H,17,19). The molecule has 1 saturated heterocycles. The number of piperidine rings is 1. The summed E-state index contributed by atoms with van der Waals surface area (Å²) in [6.07, 6.45) is 2.22. The minimum absolute atomic E-state index is 0.0945. The molecule has 5 nitrogen and oxygen atoms in total. The van der Waals surface area contributed by atoms with Gasteiger partial charge >= 0.3 is 6.03 Å². The lowest BCUT2D eigenvalue weighted by Crippen LogP contribution is -2.41. The van der Waals surface area contributed by atoms with E-state index >= 15 is 0 Å². The van der Waals surface area contributed by atoms with Crippen molar-refractivity contribution in [2.24, 2.45) is 11.7 Å². The highest BCUT2D eigenvalue weighted by molar-refractivity contribution is 7.80. The van der Waals surface area contributed by atoms with Crippen molar-refractivity contribution in [3.05, 3.63) is 23.8 Å². The maximum atomic E-state index is 12.3. The molecular weight excluding hydrogens is 286 g/mol. The van der Waals surface area contributed by atoms with Crippen LogP contribution in [0.1, 0.15) is 25.3 Å². The molecule has 0 saturated carbocycles. The number of ether oxygens (including phenoxy) is 1. The molecular formula is C15H21N3O2S. The number of urea groups is 1. The van der Waals surface area contributed by atoms with Crippen LogP contribution in [0.15, 0.2) is 18.2 Å². The van der Waals surface area contributed by atoms with Crippen LogP contribution in [-0.2, 0) is 0 Å². The van der Waals surface area contributed by atoms with Crippen LogP contribution < -0.4 is 15.8 Å². The zero-order valence-electron chi connectivity index (χ0n) is 12.4. The first kappa shape index (κ1) is 15.6. The zero-order chi connectivity index (χ0) is 15.4. The van der Waals surface area contributed by atoms with E-state index in [4.69, 9.17) is 22.7 Å². The van der Waals surface area contributed by atoms with Crippen molar-refractivity contribution in [1.29, 1.82) is 0 Å². The van der Waals surface area contributed by atoms with Gasteiger partial charge in [0, 0.05) is 18.7 Å². The van der Waals surface area contributed by atoms with Gasteiger partial charge in [-0.15, -0.1) is 0 Å². The first-order valence-electron chi connectivity index (χ1n) is 7.05. The van der Waals surface area contributed by atoms with Gasteiger partial charge in [-0.3, -0.25) is 0 Å². The second-order valence-corrected chi connectivity index (χ2v) is 5.84. The van der Waals surface area contributed by atoms with E-state index in [2.05, 4.69) is 12.2 Å². The summed E-state index contributed by atoms with van der Waals surface area (Å²) in [4.78, 5) is 14.5. The van der Waals surface area contributed by atoms with Gasteiger partial charge < -0.3 is 20.7 Å². The van der Waals surface area contributed by atoms with Crippen LogP contribution in [-0.4, -0.2) is 36.1 Å². The fourth-order valence-corrected chi connectivity index (χ4v) is 2.64. The molecule has 0 spiro atoms. The molecule has 2 rings (SSSR count). The molecule has 114 valence electrons. The topological polar surface area (TPSA) is 67.6 Å². The average Bonchev–Trinajstić information content (AvgIpc) is 2.47. The Bertz CT molecular complexity index is 548. The van der Waals surface area contributed by atoms with Crippen LogP contribution in [0.25, 0.3) is 0 Å². The number of likely N-dealkylation sites (tertiary alicyclic amines) is 1. The Balaban J connectivity index is 2.11. The van der Waals surface area contributed by atoms with Gasteiger partial charge in [0.05, 0.1) is 12.8 Å². The molecule has 1 aromatic rings. The predicted molar refractivity (Wildman–Crippen MR) is 87.9 cm³/mol. The van der Waals surface area contributed by atoms with Crippen molar-refractivity contribution in [2.75, 3.05) is 25.5 Å². The quantitative estimate of drug-likeness (QED) is 0.842. The van der Waals surface area contributed by atoms with E-state index in [9.17, 15) is 4.79 Å². The Morgan fingerprint density at radius 1 is 1.52 bits per heavy atom. The molecule has 3 N–H and O–H groups in total. The zero-order valence-corrected chi connectivity index (χ0v) is 13.2. The van der Waals surface area contributed by atoms with Crippen LogP contribution >= 0.6 is 12.2 Å². The van der Waals surface area contributed by atoms with Gasteiger partial charge in [0.15, 0.2) is 0 Å². The largest absolute Gasteiger partial charge is 0.495 e. The Labute approximate surface area is 130 Å². The monoisotopic (exact) mass is 307 g/mol. The number of carbonyl (C=O) groups is 1. The minimum Gasteiger partial charge on any atom is -0.495 e. The predicted octanol–water partition coefficient (Wildman–Crippen LogP) is 2.59. The lowest BCUT2D eigenvalue weighted by Gasteiger charge is -2.31. The number of rotatable bonds is 3. The summed E-state index contributed by atoms with van der Waals surface area (Å²) < 4.78 is 5.30. The third kappa shape index (κ3) is 3.85. The van der Waals surface area contributed by atoms with Crippen LogP contribution in [0, 0.1) is 5.92 Å². The van der Waals surface area contributed by atoms with E-state index in [1.165, 1.54) is 6.42 Å². The lowest BCUT2D eigenvalue weighted by atomic mass is 10.0. The molecule has 2 amide bonds. The number of anilines is 1. The number of thiocarbonyl (C=S) groups is 1. The second kappa shape index (κ2) is 6.76. The molecule has 0 bridgehead atoms. The van der Waals surface area contributed by atoms with Gasteiger partial charge in [0.2, 0.25) is 0 Å². The summed E-state index contributed by atoms with van der Waals surface area (Å²) >= 11 is 4.94. The van der Waals surface area contributed by atoms with Crippen LogP contribution in [0.4, 0.5) is 10.5 Å². The Morgan fingerprint density at radius 3 is 2.90 bits per heavy atom. The molecule has 1 heterocycles. The van der Waals surface area contributed by atoms with Crippen molar-refractivity contribution >= 4 is 28.9 Å². The van der Waals surface area contributed by atoms with Crippen molar-refractivity contribution in [1.82, 2.24) is 4.90 Å². The molecule has 1 fully saturated rings. The summed E-state index contributed by atoms with van der Waals surface area (Å²) in [5, 5.41) is 2.90. The van der Waals surface area contributed by atoms with E-state index in [1.807, 2.05) is 4.90 Å². The Morgan fingerprint density at radius 2 is 2.29 bits per heavy atom. The first-order chi connectivity index (χ1) is 10.0. The molecule has 1 aliphatic rings. The number of carbonyl (C=O) groups excluding carboxylic acids is 1. The number of nitrogens with zero attached hydrogens (tertiary/aromatic N) is 1. The molecule has 1 atom stereocenters. The molecule has 21 heavy (non-hydrogen) atoms. The number of hydrogen-bond donors (Lipinski definition) is 2. The molecule has 1 aromatic carbocycles. The van der Waals surface area contributed by atoms with Gasteiger partial charge in [0.25, 0.3) is 0 Å². The summed E-state index contributed by atoms with van der Waals surface area (Å²) in [7, 11) is 1.55. The molecule has 1 aliphatic heterocycles. The number of methoxy groups -OCH3 is 1. The van der Waals surface area contributed by atoms with Crippen LogP contribution in [0.2, 0.25) is 0 Å². The fourth-order valence-electron chi connectivity index (χ4n) is 2.52. The van der Waals surface area contributed by atoms with E-state index in [-0.39, 0.29) is 6.03 Å². The van der Waals surface area contributed by atoms with E-state index in [1.54, 1.807) is 25.3 Å². The normalized spacial score (nSPS) is 18.2. The number of hydrogen-bond acceptors (Lipinski definition) is 3. The van der Waals surface area contributed by atoms with Gasteiger partial charge in [-0.25, -0.2) is 4.79 Å².